The second kappa shape index (κ2) is 8.30. The van der Waals surface area contributed by atoms with Gasteiger partial charge in [-0.2, -0.15) is 5.10 Å². The van der Waals surface area contributed by atoms with Crippen LogP contribution in [0.2, 0.25) is 10.0 Å². The minimum absolute atomic E-state index is 0.445. The summed E-state index contributed by atoms with van der Waals surface area (Å²) < 4.78 is 1.97. The zero-order valence-electron chi connectivity index (χ0n) is 15.3. The topological polar surface area (TPSA) is 41.9 Å². The lowest BCUT2D eigenvalue weighted by Gasteiger charge is -2.12. The summed E-state index contributed by atoms with van der Waals surface area (Å²) in [6.45, 7) is 6.76. The fourth-order valence-corrected chi connectivity index (χ4v) is 3.42. The van der Waals surface area contributed by atoms with E-state index in [-0.39, 0.29) is 0 Å². The molecule has 3 aromatic rings. The summed E-state index contributed by atoms with van der Waals surface area (Å²) >= 11 is 17.6. The van der Waals surface area contributed by atoms with Crippen LogP contribution in [0.1, 0.15) is 22.5 Å². The molecule has 140 valence electrons. The minimum Gasteiger partial charge on any atom is -0.331 e. The highest BCUT2D eigenvalue weighted by atomic mass is 35.5. The van der Waals surface area contributed by atoms with Crippen LogP contribution >= 0.6 is 35.4 Å². The van der Waals surface area contributed by atoms with Crippen LogP contribution in [0.4, 0.5) is 11.4 Å². The van der Waals surface area contributed by atoms with Gasteiger partial charge in [0.05, 0.1) is 34.3 Å². The predicted molar refractivity (Wildman–Crippen MR) is 118 cm³/mol. The predicted octanol–water partition coefficient (Wildman–Crippen LogP) is 5.97. The van der Waals surface area contributed by atoms with Crippen molar-refractivity contribution in [1.29, 1.82) is 0 Å². The molecule has 0 aliphatic heterocycles. The van der Waals surface area contributed by atoms with E-state index in [1.807, 2.05) is 18.5 Å². The van der Waals surface area contributed by atoms with Crippen LogP contribution in [-0.4, -0.2) is 14.9 Å². The summed E-state index contributed by atoms with van der Waals surface area (Å²) in [6.07, 6.45) is 0. The number of benzene rings is 2. The van der Waals surface area contributed by atoms with Gasteiger partial charge in [0.25, 0.3) is 0 Å². The van der Waals surface area contributed by atoms with Crippen LogP contribution in [0, 0.1) is 20.8 Å². The lowest BCUT2D eigenvalue weighted by Crippen LogP contribution is -2.20. The van der Waals surface area contributed by atoms with Crippen molar-refractivity contribution in [3.63, 3.8) is 0 Å². The van der Waals surface area contributed by atoms with E-state index in [1.54, 1.807) is 18.2 Å². The normalized spacial score (nSPS) is 10.7. The first kappa shape index (κ1) is 19.7. The first-order chi connectivity index (χ1) is 12.8. The highest BCUT2D eigenvalue weighted by Gasteiger charge is 2.14. The Morgan fingerprint density at radius 1 is 1.04 bits per heavy atom. The molecule has 1 heterocycles. The van der Waals surface area contributed by atoms with Crippen LogP contribution in [0.25, 0.3) is 0 Å². The van der Waals surface area contributed by atoms with E-state index in [0.29, 0.717) is 27.4 Å². The Morgan fingerprint density at radius 2 is 1.74 bits per heavy atom. The summed E-state index contributed by atoms with van der Waals surface area (Å²) in [5, 5.41) is 12.5. The van der Waals surface area contributed by atoms with E-state index in [9.17, 15) is 0 Å². The first-order valence-electron chi connectivity index (χ1n) is 8.46. The molecule has 0 saturated carbocycles. The molecule has 27 heavy (non-hydrogen) atoms. The molecule has 0 fully saturated rings. The Hall–Kier alpha value is -2.08. The Labute approximate surface area is 174 Å². The average Bonchev–Trinajstić information content (AvgIpc) is 2.87. The zero-order valence-corrected chi connectivity index (χ0v) is 17.6. The molecular weight excluding hydrogens is 399 g/mol. The van der Waals surface area contributed by atoms with Crippen LogP contribution in [0.15, 0.2) is 42.5 Å². The third-order valence-corrected chi connectivity index (χ3v) is 5.00. The van der Waals surface area contributed by atoms with Crippen molar-refractivity contribution < 1.29 is 0 Å². The maximum Gasteiger partial charge on any atom is 0.175 e. The molecular formula is C20H20Cl2N4S. The largest absolute Gasteiger partial charge is 0.331 e. The first-order valence-corrected chi connectivity index (χ1v) is 9.62. The van der Waals surface area contributed by atoms with Crippen LogP contribution in [0.5, 0.6) is 0 Å². The molecule has 3 rings (SSSR count). The molecule has 2 aromatic carbocycles. The van der Waals surface area contributed by atoms with Gasteiger partial charge < -0.3 is 10.6 Å². The lowest BCUT2D eigenvalue weighted by atomic mass is 10.1. The van der Waals surface area contributed by atoms with Gasteiger partial charge in [0.1, 0.15) is 0 Å². The van der Waals surface area contributed by atoms with E-state index >= 15 is 0 Å². The van der Waals surface area contributed by atoms with Crippen LogP contribution in [-0.2, 0) is 6.54 Å². The monoisotopic (exact) mass is 418 g/mol. The second-order valence-corrected chi connectivity index (χ2v) is 7.64. The van der Waals surface area contributed by atoms with Crippen molar-refractivity contribution in [2.45, 2.75) is 27.3 Å². The Bertz CT molecular complexity index is 980. The van der Waals surface area contributed by atoms with Gasteiger partial charge in [0, 0.05) is 5.02 Å². The molecule has 0 aliphatic carbocycles. The van der Waals surface area contributed by atoms with E-state index < -0.39 is 0 Å². The number of nitrogens with one attached hydrogen (secondary N) is 2. The smallest absolute Gasteiger partial charge is 0.175 e. The van der Waals surface area contributed by atoms with Gasteiger partial charge >= 0.3 is 0 Å². The van der Waals surface area contributed by atoms with Crippen molar-refractivity contribution in [1.82, 2.24) is 9.78 Å². The van der Waals surface area contributed by atoms with Crippen molar-refractivity contribution >= 4 is 51.9 Å². The highest BCUT2D eigenvalue weighted by molar-refractivity contribution is 7.80. The zero-order chi connectivity index (χ0) is 19.6. The van der Waals surface area contributed by atoms with Crippen molar-refractivity contribution in [2.24, 2.45) is 0 Å². The van der Waals surface area contributed by atoms with E-state index in [0.717, 1.165) is 17.1 Å². The minimum atomic E-state index is 0.445. The Kier molecular flexibility index (Phi) is 6.05. The molecule has 0 unspecified atom stereocenters. The lowest BCUT2D eigenvalue weighted by molar-refractivity contribution is 0.659. The molecule has 0 spiro atoms. The molecule has 4 nitrogen and oxygen atoms in total. The molecule has 0 bridgehead atoms. The van der Waals surface area contributed by atoms with Crippen molar-refractivity contribution in [3.05, 3.63) is 75.0 Å². The number of hydrogen-bond acceptors (Lipinski definition) is 2. The van der Waals surface area contributed by atoms with Gasteiger partial charge in [-0.1, -0.05) is 53.0 Å². The third-order valence-electron chi connectivity index (χ3n) is 4.25. The van der Waals surface area contributed by atoms with Gasteiger partial charge in [-0.25, -0.2) is 0 Å². The maximum absolute atomic E-state index is 6.19. The van der Waals surface area contributed by atoms with Gasteiger partial charge in [-0.15, -0.1) is 0 Å². The second-order valence-electron chi connectivity index (χ2n) is 6.39. The Balaban J connectivity index is 1.74. The van der Waals surface area contributed by atoms with Gasteiger partial charge in [-0.3, -0.25) is 4.68 Å². The molecule has 0 saturated heterocycles. The van der Waals surface area contributed by atoms with Crippen LogP contribution < -0.4 is 10.6 Å². The molecule has 0 atom stereocenters. The maximum atomic E-state index is 6.19. The molecule has 0 aliphatic rings. The standard InChI is InChI=1S/C20H20Cl2N4S/c1-12-4-6-15(7-5-12)11-26-14(3)19(13(2)25-26)24-20(27)23-18-9-8-16(21)10-17(18)22/h4-10H,11H2,1-3H3,(H2,23,24,27). The van der Waals surface area contributed by atoms with Crippen LogP contribution in [0.3, 0.4) is 0 Å². The number of aryl methyl sites for hydroxylation is 2. The molecule has 0 amide bonds. The summed E-state index contributed by atoms with van der Waals surface area (Å²) in [4.78, 5) is 0. The average molecular weight is 419 g/mol. The van der Waals surface area contributed by atoms with E-state index in [1.165, 1.54) is 11.1 Å². The van der Waals surface area contributed by atoms with Crippen molar-refractivity contribution in [3.8, 4) is 0 Å². The number of hydrogen-bond donors (Lipinski definition) is 2. The molecule has 1 aromatic heterocycles. The third kappa shape index (κ3) is 4.80. The number of rotatable bonds is 4. The van der Waals surface area contributed by atoms with Gasteiger partial charge in [0.15, 0.2) is 5.11 Å². The molecule has 2 N–H and O–H groups in total. The summed E-state index contributed by atoms with van der Waals surface area (Å²) in [5.74, 6) is 0. The SMILES string of the molecule is Cc1ccc(Cn2nc(C)c(NC(=S)Nc3ccc(Cl)cc3Cl)c2C)cc1. The number of aromatic nitrogens is 2. The Morgan fingerprint density at radius 3 is 2.41 bits per heavy atom. The number of anilines is 2. The fraction of sp³-hybridized carbons (Fsp3) is 0.200. The summed E-state index contributed by atoms with van der Waals surface area (Å²) in [6, 6.07) is 13.7. The summed E-state index contributed by atoms with van der Waals surface area (Å²) in [7, 11) is 0. The molecule has 7 heteroatoms. The highest BCUT2D eigenvalue weighted by Crippen LogP contribution is 2.26. The van der Waals surface area contributed by atoms with E-state index in [2.05, 4.69) is 46.9 Å². The van der Waals surface area contributed by atoms with E-state index in [4.69, 9.17) is 35.4 Å². The molecule has 0 radical (unpaired) electrons. The number of thiocarbonyl (C=S) groups is 1. The number of nitrogens with zero attached hydrogens (tertiary/aromatic N) is 2. The fourth-order valence-electron chi connectivity index (χ4n) is 2.76. The quantitative estimate of drug-likeness (QED) is 0.511. The number of halogens is 2. The van der Waals surface area contributed by atoms with Gasteiger partial charge in [0.2, 0.25) is 0 Å². The van der Waals surface area contributed by atoms with Crippen molar-refractivity contribution in [2.75, 3.05) is 10.6 Å². The summed E-state index contributed by atoms with van der Waals surface area (Å²) in [5.41, 5.74) is 5.93. The van der Waals surface area contributed by atoms with Gasteiger partial charge in [-0.05, 0) is 56.8 Å².